The Bertz CT molecular complexity index is 481. The van der Waals surface area contributed by atoms with Crippen LogP contribution in [-0.4, -0.2) is 54.7 Å². The van der Waals surface area contributed by atoms with Crippen LogP contribution in [0.25, 0.3) is 0 Å². The molecule has 6 heteroatoms. The normalized spacial score (nSPS) is 19.6. The van der Waals surface area contributed by atoms with Gasteiger partial charge in [0.1, 0.15) is 5.82 Å². The number of rotatable bonds is 4. The van der Waals surface area contributed by atoms with Crippen LogP contribution in [0.1, 0.15) is 16.8 Å². The molecular weight excluding hydrogens is 266 g/mol. The lowest BCUT2D eigenvalue weighted by Gasteiger charge is -2.22. The lowest BCUT2D eigenvalue weighted by Crippen LogP contribution is -2.28. The minimum atomic E-state index is -1.03. The van der Waals surface area contributed by atoms with Crippen molar-refractivity contribution in [2.75, 3.05) is 38.6 Å². The van der Waals surface area contributed by atoms with E-state index in [-0.39, 0.29) is 10.6 Å². The van der Waals surface area contributed by atoms with Crippen LogP contribution in [0.4, 0.5) is 5.82 Å². The number of pyridine rings is 1. The van der Waals surface area contributed by atoms with Crippen molar-refractivity contribution in [3.8, 4) is 0 Å². The summed E-state index contributed by atoms with van der Waals surface area (Å²) in [5.41, 5.74) is 0.0991. The predicted octanol–water partition coefficient (Wildman–Crippen LogP) is 1.82. The lowest BCUT2D eigenvalue weighted by molar-refractivity contribution is 0.0697. The second-order valence-corrected chi connectivity index (χ2v) is 5.53. The van der Waals surface area contributed by atoms with Gasteiger partial charge in [0.25, 0.3) is 0 Å². The number of hydrogen-bond acceptors (Lipinski definition) is 4. The molecule has 1 aliphatic heterocycles. The van der Waals surface area contributed by atoms with E-state index in [1.165, 1.54) is 18.7 Å². The summed E-state index contributed by atoms with van der Waals surface area (Å²) in [7, 11) is 4.04. The van der Waals surface area contributed by atoms with E-state index >= 15 is 0 Å². The van der Waals surface area contributed by atoms with Crippen LogP contribution in [0.3, 0.4) is 0 Å². The number of aromatic nitrogens is 1. The molecule has 1 atom stereocenters. The topological polar surface area (TPSA) is 56.7 Å². The molecule has 2 heterocycles. The maximum Gasteiger partial charge on any atom is 0.337 e. The van der Waals surface area contributed by atoms with Crippen molar-refractivity contribution in [1.29, 1.82) is 0 Å². The van der Waals surface area contributed by atoms with Crippen molar-refractivity contribution in [2.45, 2.75) is 6.42 Å². The lowest BCUT2D eigenvalue weighted by atomic mass is 10.1. The first kappa shape index (κ1) is 14.1. The molecule has 0 aliphatic carbocycles. The maximum absolute atomic E-state index is 11.0. The Balaban J connectivity index is 2.08. The SMILES string of the molecule is CN1CCC(CN(C)c2cc(C(=O)O)c(Cl)cn2)C1. The van der Waals surface area contributed by atoms with E-state index in [1.54, 1.807) is 0 Å². The molecule has 19 heavy (non-hydrogen) atoms. The number of carbonyl (C=O) groups is 1. The van der Waals surface area contributed by atoms with Crippen molar-refractivity contribution in [1.82, 2.24) is 9.88 Å². The Kier molecular flexibility index (Phi) is 4.27. The van der Waals surface area contributed by atoms with Gasteiger partial charge in [0.15, 0.2) is 0 Å². The van der Waals surface area contributed by atoms with Crippen LogP contribution < -0.4 is 4.90 Å². The number of anilines is 1. The van der Waals surface area contributed by atoms with Crippen molar-refractivity contribution < 1.29 is 9.90 Å². The molecule has 1 N–H and O–H groups in total. The quantitative estimate of drug-likeness (QED) is 0.913. The van der Waals surface area contributed by atoms with Crippen LogP contribution in [0.5, 0.6) is 0 Å². The summed E-state index contributed by atoms with van der Waals surface area (Å²) >= 11 is 5.82. The van der Waals surface area contributed by atoms with Gasteiger partial charge >= 0.3 is 5.97 Å². The van der Waals surface area contributed by atoms with Gasteiger partial charge in [-0.1, -0.05) is 11.6 Å². The molecule has 1 saturated heterocycles. The number of nitrogens with zero attached hydrogens (tertiary/aromatic N) is 3. The Morgan fingerprint density at radius 3 is 3.00 bits per heavy atom. The number of carboxylic acid groups (broad SMARTS) is 1. The number of aromatic carboxylic acids is 1. The summed E-state index contributed by atoms with van der Waals surface area (Å²) in [5.74, 6) is 0.222. The fraction of sp³-hybridized carbons (Fsp3) is 0.538. The van der Waals surface area contributed by atoms with Gasteiger partial charge in [0, 0.05) is 26.3 Å². The molecule has 1 aromatic heterocycles. The monoisotopic (exact) mass is 283 g/mol. The number of halogens is 1. The van der Waals surface area contributed by atoms with Gasteiger partial charge in [-0.25, -0.2) is 9.78 Å². The maximum atomic E-state index is 11.0. The van der Waals surface area contributed by atoms with E-state index in [4.69, 9.17) is 16.7 Å². The molecule has 2 rings (SSSR count). The first-order chi connectivity index (χ1) is 8.97. The molecule has 0 spiro atoms. The summed E-state index contributed by atoms with van der Waals surface area (Å²) in [6.45, 7) is 3.06. The molecule has 1 aromatic rings. The van der Waals surface area contributed by atoms with Gasteiger partial charge < -0.3 is 14.9 Å². The highest BCUT2D eigenvalue weighted by Gasteiger charge is 2.21. The average molecular weight is 284 g/mol. The van der Waals surface area contributed by atoms with Crippen molar-refractivity contribution in [2.24, 2.45) is 5.92 Å². The molecule has 0 amide bonds. The predicted molar refractivity (Wildman–Crippen MR) is 75.1 cm³/mol. The van der Waals surface area contributed by atoms with Gasteiger partial charge in [0.05, 0.1) is 10.6 Å². The molecule has 0 bridgehead atoms. The van der Waals surface area contributed by atoms with Gasteiger partial charge in [-0.05, 0) is 32.0 Å². The van der Waals surface area contributed by atoms with Crippen LogP contribution in [0.2, 0.25) is 5.02 Å². The summed E-state index contributed by atoms with van der Waals surface area (Å²) in [5, 5.41) is 9.22. The third-order valence-corrected chi connectivity index (χ3v) is 3.78. The fourth-order valence-electron chi connectivity index (χ4n) is 2.46. The zero-order valence-electron chi connectivity index (χ0n) is 11.1. The summed E-state index contributed by atoms with van der Waals surface area (Å²) in [6.07, 6.45) is 2.57. The first-order valence-electron chi connectivity index (χ1n) is 6.26. The third kappa shape index (κ3) is 3.36. The molecule has 1 aliphatic rings. The van der Waals surface area contributed by atoms with Crippen molar-refractivity contribution in [3.05, 3.63) is 22.8 Å². The van der Waals surface area contributed by atoms with Crippen LogP contribution in [0.15, 0.2) is 12.3 Å². The van der Waals surface area contributed by atoms with Gasteiger partial charge in [-0.3, -0.25) is 0 Å². The van der Waals surface area contributed by atoms with Crippen LogP contribution in [-0.2, 0) is 0 Å². The highest BCUT2D eigenvalue weighted by molar-refractivity contribution is 6.33. The van der Waals surface area contributed by atoms with Crippen molar-refractivity contribution in [3.63, 3.8) is 0 Å². The first-order valence-corrected chi connectivity index (χ1v) is 6.63. The van der Waals surface area contributed by atoms with E-state index in [1.807, 2.05) is 11.9 Å². The summed E-state index contributed by atoms with van der Waals surface area (Å²) < 4.78 is 0. The molecular formula is C13H18ClN3O2. The molecule has 0 saturated carbocycles. The fourth-order valence-corrected chi connectivity index (χ4v) is 2.64. The van der Waals surface area contributed by atoms with Gasteiger partial charge in [-0.15, -0.1) is 0 Å². The van der Waals surface area contributed by atoms with E-state index in [0.29, 0.717) is 11.7 Å². The average Bonchev–Trinajstić information content (AvgIpc) is 2.74. The summed E-state index contributed by atoms with van der Waals surface area (Å²) in [4.78, 5) is 19.5. The van der Waals surface area contributed by atoms with E-state index < -0.39 is 5.97 Å². The molecule has 0 aromatic carbocycles. The largest absolute Gasteiger partial charge is 0.478 e. The molecule has 0 radical (unpaired) electrons. The van der Waals surface area contributed by atoms with Crippen LogP contribution >= 0.6 is 11.6 Å². The van der Waals surface area contributed by atoms with Crippen molar-refractivity contribution >= 4 is 23.4 Å². The Morgan fingerprint density at radius 1 is 1.68 bits per heavy atom. The number of carboxylic acids is 1. The number of hydrogen-bond donors (Lipinski definition) is 1. The highest BCUT2D eigenvalue weighted by Crippen LogP contribution is 2.22. The Hall–Kier alpha value is -1.33. The highest BCUT2D eigenvalue weighted by atomic mass is 35.5. The van der Waals surface area contributed by atoms with Crippen LogP contribution in [0, 0.1) is 5.92 Å². The minimum absolute atomic E-state index is 0.0991. The van der Waals surface area contributed by atoms with E-state index in [2.05, 4.69) is 16.9 Å². The standard InChI is InChI=1S/C13H18ClN3O2/c1-16-4-3-9(7-16)8-17(2)12-5-10(13(18)19)11(14)6-15-12/h5-6,9H,3-4,7-8H2,1-2H3,(H,18,19). The second kappa shape index (κ2) is 5.75. The minimum Gasteiger partial charge on any atom is -0.478 e. The third-order valence-electron chi connectivity index (χ3n) is 3.48. The molecule has 104 valence electrons. The second-order valence-electron chi connectivity index (χ2n) is 5.12. The Morgan fingerprint density at radius 2 is 2.42 bits per heavy atom. The van der Waals surface area contributed by atoms with Gasteiger partial charge in [0.2, 0.25) is 0 Å². The molecule has 1 fully saturated rings. The van der Waals surface area contributed by atoms with Gasteiger partial charge in [-0.2, -0.15) is 0 Å². The summed E-state index contributed by atoms with van der Waals surface area (Å²) in [6, 6.07) is 1.53. The number of likely N-dealkylation sites (tertiary alicyclic amines) is 1. The smallest absolute Gasteiger partial charge is 0.337 e. The molecule has 5 nitrogen and oxygen atoms in total. The zero-order valence-corrected chi connectivity index (χ0v) is 11.9. The van der Waals surface area contributed by atoms with E-state index in [0.717, 1.165) is 19.6 Å². The zero-order chi connectivity index (χ0) is 14.0. The Labute approximate surface area is 117 Å². The van der Waals surface area contributed by atoms with E-state index in [9.17, 15) is 4.79 Å². The molecule has 1 unspecified atom stereocenters.